The zero-order valence-electron chi connectivity index (χ0n) is 17.0. The van der Waals surface area contributed by atoms with Crippen LogP contribution in [0.5, 0.6) is 5.75 Å². The van der Waals surface area contributed by atoms with E-state index in [-0.39, 0.29) is 5.91 Å². The maximum absolute atomic E-state index is 12.7. The molecule has 3 aromatic carbocycles. The largest absolute Gasteiger partial charge is 0.489 e. The molecule has 0 N–H and O–H groups in total. The highest BCUT2D eigenvalue weighted by Crippen LogP contribution is 2.27. The fourth-order valence-corrected chi connectivity index (χ4v) is 4.09. The first-order chi connectivity index (χ1) is 15.1. The average molecular weight is 449 g/mol. The molecule has 4 aromatic rings. The van der Waals surface area contributed by atoms with E-state index in [0.29, 0.717) is 23.9 Å². The summed E-state index contributed by atoms with van der Waals surface area (Å²) in [7, 11) is 1.79. The van der Waals surface area contributed by atoms with E-state index in [1.54, 1.807) is 17.3 Å². The minimum absolute atomic E-state index is 0.0916. The van der Waals surface area contributed by atoms with Crippen molar-refractivity contribution in [2.24, 2.45) is 0 Å². The van der Waals surface area contributed by atoms with Crippen LogP contribution in [0.1, 0.15) is 21.6 Å². The molecule has 0 aliphatic carbocycles. The van der Waals surface area contributed by atoms with E-state index in [2.05, 4.69) is 4.98 Å². The van der Waals surface area contributed by atoms with Crippen LogP contribution < -0.4 is 4.74 Å². The lowest BCUT2D eigenvalue weighted by molar-refractivity contribution is 0.0780. The lowest BCUT2D eigenvalue weighted by Gasteiger charge is -2.15. The Hall–Kier alpha value is -3.15. The number of carbonyl (C=O) groups excluding carboxylic acids is 1. The van der Waals surface area contributed by atoms with Crippen molar-refractivity contribution in [1.29, 1.82) is 0 Å². The number of ether oxygens (including phenoxy) is 1. The molecule has 0 unspecified atom stereocenters. The molecule has 0 saturated heterocycles. The van der Waals surface area contributed by atoms with Crippen LogP contribution in [0.15, 0.2) is 84.2 Å². The highest BCUT2D eigenvalue weighted by Gasteiger charge is 2.16. The van der Waals surface area contributed by atoms with Crippen molar-refractivity contribution in [3.63, 3.8) is 0 Å². The van der Waals surface area contributed by atoms with E-state index >= 15 is 0 Å². The third-order valence-electron chi connectivity index (χ3n) is 4.79. The fourth-order valence-electron chi connectivity index (χ4n) is 3.10. The van der Waals surface area contributed by atoms with Gasteiger partial charge in [-0.15, -0.1) is 11.3 Å². The van der Waals surface area contributed by atoms with Gasteiger partial charge in [0.25, 0.3) is 5.91 Å². The van der Waals surface area contributed by atoms with Crippen molar-refractivity contribution >= 4 is 28.8 Å². The Balaban J connectivity index is 1.39. The van der Waals surface area contributed by atoms with Crippen molar-refractivity contribution in [2.75, 3.05) is 7.05 Å². The van der Waals surface area contributed by atoms with Crippen LogP contribution in [0.2, 0.25) is 5.02 Å². The Morgan fingerprint density at radius 2 is 1.71 bits per heavy atom. The second-order valence-corrected chi connectivity index (χ2v) is 8.35. The summed E-state index contributed by atoms with van der Waals surface area (Å²) in [5.41, 5.74) is 3.43. The number of aromatic nitrogens is 1. The Morgan fingerprint density at radius 3 is 2.45 bits per heavy atom. The molecule has 4 rings (SSSR count). The Kier molecular flexibility index (Phi) is 6.65. The molecule has 31 heavy (non-hydrogen) atoms. The molecular weight excluding hydrogens is 428 g/mol. The molecule has 156 valence electrons. The molecule has 0 aliphatic rings. The second kappa shape index (κ2) is 9.77. The molecule has 1 amide bonds. The van der Waals surface area contributed by atoms with Crippen molar-refractivity contribution in [1.82, 2.24) is 9.88 Å². The molecule has 0 aliphatic heterocycles. The third kappa shape index (κ3) is 5.32. The number of carbonyl (C=O) groups is 1. The van der Waals surface area contributed by atoms with E-state index in [1.165, 1.54) is 11.3 Å². The number of hydrogen-bond donors (Lipinski definition) is 0. The molecule has 4 nitrogen and oxygen atoms in total. The minimum atomic E-state index is -0.0916. The van der Waals surface area contributed by atoms with Crippen LogP contribution in [0.4, 0.5) is 0 Å². The predicted octanol–water partition coefficient (Wildman–Crippen LogP) is 6.31. The average Bonchev–Trinajstić information content (AvgIpc) is 3.29. The summed E-state index contributed by atoms with van der Waals surface area (Å²) >= 11 is 7.63. The summed E-state index contributed by atoms with van der Waals surface area (Å²) < 4.78 is 5.83. The van der Waals surface area contributed by atoms with Gasteiger partial charge < -0.3 is 9.64 Å². The van der Waals surface area contributed by atoms with Crippen LogP contribution in [0.25, 0.3) is 10.6 Å². The van der Waals surface area contributed by atoms with Gasteiger partial charge in [-0.2, -0.15) is 0 Å². The maximum atomic E-state index is 12.7. The van der Waals surface area contributed by atoms with E-state index in [0.717, 1.165) is 27.4 Å². The number of rotatable bonds is 7. The number of nitrogens with zero attached hydrogens (tertiary/aromatic N) is 2. The number of halogens is 1. The monoisotopic (exact) mass is 448 g/mol. The summed E-state index contributed by atoms with van der Waals surface area (Å²) in [6.45, 7) is 0.951. The van der Waals surface area contributed by atoms with E-state index in [1.807, 2.05) is 78.9 Å². The zero-order valence-corrected chi connectivity index (χ0v) is 18.6. The van der Waals surface area contributed by atoms with Crippen molar-refractivity contribution in [3.05, 3.63) is 106 Å². The van der Waals surface area contributed by atoms with Gasteiger partial charge in [0.1, 0.15) is 23.1 Å². The first-order valence-corrected chi connectivity index (χ1v) is 11.1. The van der Waals surface area contributed by atoms with Crippen LogP contribution in [0, 0.1) is 0 Å². The summed E-state index contributed by atoms with van der Waals surface area (Å²) in [4.78, 5) is 19.0. The number of benzene rings is 3. The minimum Gasteiger partial charge on any atom is -0.489 e. The first-order valence-electron chi connectivity index (χ1n) is 9.82. The fraction of sp³-hybridized carbons (Fsp3) is 0.120. The summed E-state index contributed by atoms with van der Waals surface area (Å²) in [5.74, 6) is 0.658. The number of hydrogen-bond acceptors (Lipinski definition) is 4. The first kappa shape index (κ1) is 21.1. The standard InChI is InChI=1S/C25H21ClN2O2S/c1-28(15-18-7-3-2-4-8-18)25(29)23-17-31-24(27-23)19-11-13-21(14-12-19)30-16-20-9-5-6-10-22(20)26/h2-14,17H,15-16H2,1H3. The molecule has 1 heterocycles. The molecular formula is C25H21ClN2O2S. The molecule has 0 atom stereocenters. The van der Waals surface area contributed by atoms with Gasteiger partial charge in [0.15, 0.2) is 0 Å². The van der Waals surface area contributed by atoms with Crippen LogP contribution in [-0.2, 0) is 13.2 Å². The topological polar surface area (TPSA) is 42.4 Å². The van der Waals surface area contributed by atoms with E-state index in [4.69, 9.17) is 16.3 Å². The molecule has 6 heteroatoms. The molecule has 0 bridgehead atoms. The van der Waals surface area contributed by atoms with Crippen molar-refractivity contribution in [2.45, 2.75) is 13.2 Å². The van der Waals surface area contributed by atoms with Crippen molar-refractivity contribution < 1.29 is 9.53 Å². The van der Waals surface area contributed by atoms with Crippen LogP contribution in [0.3, 0.4) is 0 Å². The second-order valence-electron chi connectivity index (χ2n) is 7.09. The summed E-state index contributed by atoms with van der Waals surface area (Å²) in [5, 5.41) is 3.30. The number of thiazole rings is 1. The Morgan fingerprint density at radius 1 is 1.00 bits per heavy atom. The van der Waals surface area contributed by atoms with Gasteiger partial charge in [0.05, 0.1) is 0 Å². The van der Waals surface area contributed by atoms with E-state index < -0.39 is 0 Å². The van der Waals surface area contributed by atoms with Crippen LogP contribution >= 0.6 is 22.9 Å². The van der Waals surface area contributed by atoms with Gasteiger partial charge in [0.2, 0.25) is 0 Å². The van der Waals surface area contributed by atoms with Gasteiger partial charge in [-0.05, 0) is 35.9 Å². The van der Waals surface area contributed by atoms with Gasteiger partial charge in [-0.3, -0.25) is 4.79 Å². The summed E-state index contributed by atoms with van der Waals surface area (Å²) in [6.07, 6.45) is 0. The maximum Gasteiger partial charge on any atom is 0.273 e. The van der Waals surface area contributed by atoms with Crippen LogP contribution in [-0.4, -0.2) is 22.8 Å². The van der Waals surface area contributed by atoms with Gasteiger partial charge >= 0.3 is 0 Å². The SMILES string of the molecule is CN(Cc1ccccc1)C(=O)c1csc(-c2ccc(OCc3ccccc3Cl)cc2)n1. The lowest BCUT2D eigenvalue weighted by Crippen LogP contribution is -2.26. The smallest absolute Gasteiger partial charge is 0.273 e. The Labute approximate surface area is 190 Å². The molecule has 0 spiro atoms. The van der Waals surface area contributed by atoms with Gasteiger partial charge in [-0.1, -0.05) is 60.1 Å². The highest BCUT2D eigenvalue weighted by molar-refractivity contribution is 7.13. The van der Waals surface area contributed by atoms with Gasteiger partial charge in [0, 0.05) is 35.1 Å². The molecule has 0 saturated carbocycles. The quantitative estimate of drug-likeness (QED) is 0.332. The Bertz CT molecular complexity index is 1160. The third-order valence-corrected chi connectivity index (χ3v) is 6.05. The van der Waals surface area contributed by atoms with Crippen molar-refractivity contribution in [3.8, 4) is 16.3 Å². The molecule has 1 aromatic heterocycles. The summed E-state index contributed by atoms with van der Waals surface area (Å²) in [6, 6.07) is 25.2. The number of amides is 1. The predicted molar refractivity (Wildman–Crippen MR) is 126 cm³/mol. The lowest BCUT2D eigenvalue weighted by atomic mass is 10.2. The molecule has 0 radical (unpaired) electrons. The highest BCUT2D eigenvalue weighted by atomic mass is 35.5. The normalized spacial score (nSPS) is 10.6. The molecule has 0 fully saturated rings. The van der Waals surface area contributed by atoms with E-state index in [9.17, 15) is 4.79 Å². The zero-order chi connectivity index (χ0) is 21.6. The van der Waals surface area contributed by atoms with Gasteiger partial charge in [-0.25, -0.2) is 4.98 Å².